The Morgan fingerprint density at radius 1 is 1.53 bits per heavy atom. The summed E-state index contributed by atoms with van der Waals surface area (Å²) in [6.07, 6.45) is 5.20. The molecular formula is C11H19N2O5P. The fourth-order valence-corrected chi connectivity index (χ4v) is 2.37. The Bertz CT molecular complexity index is 339. The van der Waals surface area contributed by atoms with Crippen molar-refractivity contribution in [3.8, 4) is 0 Å². The average molecular weight is 290 g/mol. The van der Waals surface area contributed by atoms with Crippen molar-refractivity contribution >= 4 is 14.4 Å². The van der Waals surface area contributed by atoms with Gasteiger partial charge in [0.1, 0.15) is 6.23 Å². The number of nitrogens with zero attached hydrogens (tertiary/aromatic N) is 1. The molecule has 0 radical (unpaired) electrons. The Kier molecular flexibility index (Phi) is 5.54. The average Bonchev–Trinajstić information content (AvgIpc) is 2.83. The maximum Gasteiger partial charge on any atom is 0.323 e. The lowest BCUT2D eigenvalue weighted by Crippen LogP contribution is -2.45. The lowest BCUT2D eigenvalue weighted by molar-refractivity contribution is -0.0500. The van der Waals surface area contributed by atoms with Gasteiger partial charge < -0.3 is 24.6 Å². The van der Waals surface area contributed by atoms with Gasteiger partial charge in [0.2, 0.25) is 0 Å². The van der Waals surface area contributed by atoms with Gasteiger partial charge >= 0.3 is 6.03 Å². The first-order valence-electron chi connectivity index (χ1n) is 6.28. The van der Waals surface area contributed by atoms with Crippen LogP contribution in [0.15, 0.2) is 12.3 Å². The smallest absolute Gasteiger partial charge is 0.323 e. The first-order chi connectivity index (χ1) is 9.16. The molecule has 2 heterocycles. The van der Waals surface area contributed by atoms with Crippen molar-refractivity contribution in [3.05, 3.63) is 12.3 Å². The summed E-state index contributed by atoms with van der Waals surface area (Å²) in [6, 6.07) is -0.139. The van der Waals surface area contributed by atoms with E-state index in [1.807, 2.05) is 6.08 Å². The first kappa shape index (κ1) is 14.7. The van der Waals surface area contributed by atoms with E-state index < -0.39 is 8.38 Å². The van der Waals surface area contributed by atoms with E-state index in [0.29, 0.717) is 19.8 Å². The molecule has 0 saturated carbocycles. The molecule has 108 valence electrons. The molecule has 2 amide bonds. The zero-order valence-electron chi connectivity index (χ0n) is 10.6. The molecule has 1 saturated heterocycles. The van der Waals surface area contributed by atoms with Gasteiger partial charge in [-0.1, -0.05) is 0 Å². The monoisotopic (exact) mass is 290 g/mol. The van der Waals surface area contributed by atoms with Crippen molar-refractivity contribution in [2.75, 3.05) is 25.9 Å². The molecule has 8 heteroatoms. The van der Waals surface area contributed by atoms with E-state index in [0.717, 1.165) is 12.8 Å². The fraction of sp³-hybridized carbons (Fsp3) is 0.727. The molecule has 0 aromatic rings. The molecule has 2 aliphatic rings. The summed E-state index contributed by atoms with van der Waals surface area (Å²) in [5, 5.41) is 2.72. The van der Waals surface area contributed by atoms with Crippen LogP contribution in [0.5, 0.6) is 0 Å². The van der Waals surface area contributed by atoms with Gasteiger partial charge in [-0.25, -0.2) is 4.79 Å². The summed E-state index contributed by atoms with van der Waals surface area (Å²) in [5.74, 6) is 0. The molecule has 1 fully saturated rings. The third-order valence-corrected chi connectivity index (χ3v) is 3.59. The van der Waals surface area contributed by atoms with Crippen LogP contribution in [-0.4, -0.2) is 59.0 Å². The summed E-state index contributed by atoms with van der Waals surface area (Å²) in [7, 11) is -1.89. The number of urea groups is 1. The van der Waals surface area contributed by atoms with E-state index in [4.69, 9.17) is 19.3 Å². The van der Waals surface area contributed by atoms with Gasteiger partial charge in [-0.15, -0.1) is 0 Å². The van der Waals surface area contributed by atoms with Crippen LogP contribution in [0, 0.1) is 0 Å². The predicted molar refractivity (Wildman–Crippen MR) is 69.3 cm³/mol. The number of nitrogens with one attached hydrogen (secondary N) is 1. The highest BCUT2D eigenvalue weighted by molar-refractivity contribution is 7.45. The molecule has 2 aliphatic heterocycles. The molecular weight excluding hydrogens is 271 g/mol. The lowest BCUT2D eigenvalue weighted by atomic mass is 10.2. The minimum Gasteiger partial charge on any atom is -0.378 e. The lowest BCUT2D eigenvalue weighted by Gasteiger charge is -2.28. The van der Waals surface area contributed by atoms with Gasteiger partial charge in [0, 0.05) is 18.9 Å². The highest BCUT2D eigenvalue weighted by Crippen LogP contribution is 2.25. The van der Waals surface area contributed by atoms with Crippen molar-refractivity contribution in [1.82, 2.24) is 10.2 Å². The van der Waals surface area contributed by atoms with Crippen LogP contribution < -0.4 is 5.32 Å². The third kappa shape index (κ3) is 4.40. The van der Waals surface area contributed by atoms with E-state index >= 15 is 0 Å². The molecule has 0 aromatic carbocycles. The SMILES string of the molecule is O=C1NCC=CN1C1CCC(COCCP(O)O)O1. The molecule has 0 aliphatic carbocycles. The Hall–Kier alpha value is -0.720. The summed E-state index contributed by atoms with van der Waals surface area (Å²) in [4.78, 5) is 30.7. The number of rotatable bonds is 6. The Morgan fingerprint density at radius 3 is 3.11 bits per heavy atom. The van der Waals surface area contributed by atoms with Crippen LogP contribution in [0.3, 0.4) is 0 Å². The molecule has 3 N–H and O–H groups in total. The predicted octanol–water partition coefficient (Wildman–Crippen LogP) is 0.343. The van der Waals surface area contributed by atoms with Crippen molar-refractivity contribution < 1.29 is 24.1 Å². The maximum absolute atomic E-state index is 11.6. The van der Waals surface area contributed by atoms with Crippen LogP contribution >= 0.6 is 8.38 Å². The molecule has 7 nitrogen and oxygen atoms in total. The van der Waals surface area contributed by atoms with Crippen molar-refractivity contribution in [2.45, 2.75) is 25.2 Å². The van der Waals surface area contributed by atoms with Crippen molar-refractivity contribution in [2.24, 2.45) is 0 Å². The van der Waals surface area contributed by atoms with Gasteiger partial charge in [0.05, 0.1) is 19.3 Å². The molecule has 19 heavy (non-hydrogen) atoms. The topological polar surface area (TPSA) is 91.3 Å². The van der Waals surface area contributed by atoms with Crippen molar-refractivity contribution in [1.29, 1.82) is 0 Å². The fourth-order valence-electron chi connectivity index (χ4n) is 2.07. The van der Waals surface area contributed by atoms with Gasteiger partial charge in [0.15, 0.2) is 8.38 Å². The Morgan fingerprint density at radius 2 is 2.37 bits per heavy atom. The zero-order valence-corrected chi connectivity index (χ0v) is 11.5. The van der Waals surface area contributed by atoms with Crippen LogP contribution in [0.2, 0.25) is 0 Å². The zero-order chi connectivity index (χ0) is 13.7. The number of hydrogen-bond donors (Lipinski definition) is 3. The van der Waals surface area contributed by atoms with Gasteiger partial charge in [-0.3, -0.25) is 4.90 Å². The summed E-state index contributed by atoms with van der Waals surface area (Å²) in [6.45, 7) is 1.28. The minimum atomic E-state index is -1.89. The Labute approximate surface area is 113 Å². The third-order valence-electron chi connectivity index (χ3n) is 3.01. The first-order valence-corrected chi connectivity index (χ1v) is 7.71. The van der Waals surface area contributed by atoms with E-state index in [2.05, 4.69) is 5.32 Å². The number of hydrogen-bond acceptors (Lipinski definition) is 5. The minimum absolute atomic E-state index is 0.0447. The molecule has 2 rings (SSSR count). The molecule has 2 unspecified atom stereocenters. The van der Waals surface area contributed by atoms with Crippen LogP contribution in [-0.2, 0) is 9.47 Å². The largest absolute Gasteiger partial charge is 0.378 e. The standard InChI is InChI=1S/C11H19N2O5P/c14-11-12-4-1-5-13(11)10-3-2-9(18-10)8-17-6-7-19(15)16/h1,5,9-10,15-16H,2-4,6-8H2,(H,12,14). The summed E-state index contributed by atoms with van der Waals surface area (Å²) in [5.41, 5.74) is 0. The van der Waals surface area contributed by atoms with Gasteiger partial charge in [0.25, 0.3) is 0 Å². The van der Waals surface area contributed by atoms with E-state index in [1.165, 1.54) is 0 Å². The summed E-state index contributed by atoms with van der Waals surface area (Å²) < 4.78 is 11.1. The quantitative estimate of drug-likeness (QED) is 0.485. The highest BCUT2D eigenvalue weighted by Gasteiger charge is 2.32. The normalized spacial score (nSPS) is 27.1. The molecule has 0 bridgehead atoms. The second-order valence-electron chi connectivity index (χ2n) is 4.44. The highest BCUT2D eigenvalue weighted by atomic mass is 31.2. The second-order valence-corrected chi connectivity index (χ2v) is 5.63. The number of carbonyl (C=O) groups is 1. The molecule has 0 aromatic heterocycles. The van der Waals surface area contributed by atoms with E-state index in [1.54, 1.807) is 11.1 Å². The van der Waals surface area contributed by atoms with Crippen LogP contribution in [0.25, 0.3) is 0 Å². The number of ether oxygens (including phenoxy) is 2. The van der Waals surface area contributed by atoms with Gasteiger partial charge in [-0.05, 0) is 18.9 Å². The van der Waals surface area contributed by atoms with E-state index in [-0.39, 0.29) is 24.5 Å². The second kappa shape index (κ2) is 7.17. The van der Waals surface area contributed by atoms with E-state index in [9.17, 15) is 4.79 Å². The Balaban J connectivity index is 1.69. The molecule has 2 atom stereocenters. The maximum atomic E-state index is 11.6. The number of carbonyl (C=O) groups excluding carboxylic acids is 1. The van der Waals surface area contributed by atoms with Crippen LogP contribution in [0.1, 0.15) is 12.8 Å². The van der Waals surface area contributed by atoms with Crippen LogP contribution in [0.4, 0.5) is 4.79 Å². The molecule has 0 spiro atoms. The number of amides is 2. The van der Waals surface area contributed by atoms with Crippen molar-refractivity contribution in [3.63, 3.8) is 0 Å². The van der Waals surface area contributed by atoms with Gasteiger partial charge in [-0.2, -0.15) is 0 Å². The summed E-state index contributed by atoms with van der Waals surface area (Å²) >= 11 is 0.